The van der Waals surface area contributed by atoms with E-state index >= 15 is 0 Å². The number of carbonyl (C=O) groups is 1. The summed E-state index contributed by atoms with van der Waals surface area (Å²) in [7, 11) is 0. The van der Waals surface area contributed by atoms with Crippen LogP contribution in [0.15, 0.2) is 41.3 Å². The Balaban J connectivity index is 2.51. The van der Waals surface area contributed by atoms with Crippen molar-refractivity contribution in [3.05, 3.63) is 36.4 Å². The van der Waals surface area contributed by atoms with Gasteiger partial charge >= 0.3 is 5.97 Å². The minimum absolute atomic E-state index is 0.156. The smallest absolute Gasteiger partial charge is 0.332 e. The summed E-state index contributed by atoms with van der Waals surface area (Å²) in [6.45, 7) is 3.69. The van der Waals surface area contributed by atoms with E-state index in [1.165, 1.54) is 4.90 Å². The second-order valence-electron chi connectivity index (χ2n) is 2.99. The summed E-state index contributed by atoms with van der Waals surface area (Å²) in [4.78, 5) is 11.7. The minimum atomic E-state index is -0.969. The van der Waals surface area contributed by atoms with E-state index in [9.17, 15) is 4.79 Å². The van der Waals surface area contributed by atoms with Gasteiger partial charge in [0.1, 0.15) is 0 Å². The van der Waals surface area contributed by atoms with Crippen molar-refractivity contribution < 1.29 is 9.90 Å². The summed E-state index contributed by atoms with van der Waals surface area (Å²) < 4.78 is 0. The first-order chi connectivity index (χ1) is 7.13. The van der Waals surface area contributed by atoms with E-state index in [-0.39, 0.29) is 12.1 Å². The van der Waals surface area contributed by atoms with E-state index in [0.717, 1.165) is 5.69 Å². The largest absolute Gasteiger partial charge is 0.478 e. The fraction of sp³-hybridized carbons (Fsp3) is 0.182. The summed E-state index contributed by atoms with van der Waals surface area (Å²) >= 11 is 1.67. The Labute approximate surface area is 93.2 Å². The standard InChI is InChI=1S/C11H13NO2S/c1-8(11(13)14)7-12-9-3-5-10(15-2)6-4-9/h3-6,12H,1,7H2,2H3,(H,13,14). The average molecular weight is 223 g/mol. The molecule has 0 saturated heterocycles. The van der Waals surface area contributed by atoms with E-state index in [4.69, 9.17) is 5.11 Å². The van der Waals surface area contributed by atoms with E-state index in [1.807, 2.05) is 30.5 Å². The monoisotopic (exact) mass is 223 g/mol. The Morgan fingerprint density at radius 1 is 1.47 bits per heavy atom. The summed E-state index contributed by atoms with van der Waals surface area (Å²) in [5, 5.41) is 11.6. The predicted molar refractivity (Wildman–Crippen MR) is 63.5 cm³/mol. The molecular weight excluding hydrogens is 210 g/mol. The fourth-order valence-corrected chi connectivity index (χ4v) is 1.40. The van der Waals surface area contributed by atoms with Gasteiger partial charge in [-0.05, 0) is 30.5 Å². The molecule has 0 aliphatic heterocycles. The quantitative estimate of drug-likeness (QED) is 0.594. The molecule has 0 aromatic heterocycles. The van der Waals surface area contributed by atoms with Gasteiger partial charge in [-0.15, -0.1) is 11.8 Å². The Kier molecular flexibility index (Phi) is 4.24. The van der Waals surface area contributed by atoms with Crippen LogP contribution in [0, 0.1) is 0 Å². The highest BCUT2D eigenvalue weighted by molar-refractivity contribution is 7.98. The van der Waals surface area contributed by atoms with Gasteiger partial charge in [-0.3, -0.25) is 0 Å². The van der Waals surface area contributed by atoms with Gasteiger partial charge in [0.25, 0.3) is 0 Å². The second-order valence-corrected chi connectivity index (χ2v) is 3.87. The SMILES string of the molecule is C=C(CNc1ccc(SC)cc1)C(=O)O. The first-order valence-electron chi connectivity index (χ1n) is 4.42. The molecule has 0 unspecified atom stereocenters. The zero-order valence-electron chi connectivity index (χ0n) is 8.49. The highest BCUT2D eigenvalue weighted by atomic mass is 32.2. The summed E-state index contributed by atoms with van der Waals surface area (Å²) in [5.74, 6) is -0.969. The van der Waals surface area contributed by atoms with Crippen LogP contribution in [0.25, 0.3) is 0 Å². The molecule has 0 saturated carbocycles. The van der Waals surface area contributed by atoms with Crippen molar-refractivity contribution in [2.75, 3.05) is 18.1 Å². The molecule has 0 fully saturated rings. The number of hydrogen-bond donors (Lipinski definition) is 2. The normalized spacial score (nSPS) is 9.67. The lowest BCUT2D eigenvalue weighted by atomic mass is 10.2. The fourth-order valence-electron chi connectivity index (χ4n) is 0.993. The molecule has 0 aliphatic rings. The first-order valence-corrected chi connectivity index (χ1v) is 5.65. The molecular formula is C11H13NO2S. The van der Waals surface area contributed by atoms with Crippen LogP contribution < -0.4 is 5.32 Å². The van der Waals surface area contributed by atoms with Gasteiger partial charge in [0.05, 0.1) is 0 Å². The maximum atomic E-state index is 10.5. The van der Waals surface area contributed by atoms with E-state index in [0.29, 0.717) is 0 Å². The van der Waals surface area contributed by atoms with Crippen LogP contribution in [0.4, 0.5) is 5.69 Å². The van der Waals surface area contributed by atoms with Crippen LogP contribution >= 0.6 is 11.8 Å². The van der Waals surface area contributed by atoms with Crippen molar-refractivity contribution in [2.45, 2.75) is 4.90 Å². The number of hydrogen-bond acceptors (Lipinski definition) is 3. The molecule has 15 heavy (non-hydrogen) atoms. The first kappa shape index (κ1) is 11.7. The molecule has 0 heterocycles. The lowest BCUT2D eigenvalue weighted by Gasteiger charge is -2.06. The number of carboxylic acids is 1. The molecule has 1 aromatic rings. The minimum Gasteiger partial charge on any atom is -0.478 e. The van der Waals surface area contributed by atoms with Crippen molar-refractivity contribution in [3.63, 3.8) is 0 Å². The Morgan fingerprint density at radius 3 is 2.53 bits per heavy atom. The lowest BCUT2D eigenvalue weighted by Crippen LogP contribution is -2.10. The van der Waals surface area contributed by atoms with Crippen molar-refractivity contribution in [1.29, 1.82) is 0 Å². The molecule has 1 aromatic carbocycles. The van der Waals surface area contributed by atoms with Gasteiger partial charge in [-0.2, -0.15) is 0 Å². The summed E-state index contributed by atoms with van der Waals surface area (Å²) in [6, 6.07) is 7.80. The van der Waals surface area contributed by atoms with Crippen LogP contribution in [0.2, 0.25) is 0 Å². The van der Waals surface area contributed by atoms with Gasteiger partial charge in [-0.25, -0.2) is 4.79 Å². The molecule has 0 aliphatic carbocycles. The molecule has 4 heteroatoms. The highest BCUT2D eigenvalue weighted by Gasteiger charge is 2.02. The third-order valence-electron chi connectivity index (χ3n) is 1.90. The van der Waals surface area contributed by atoms with Crippen molar-refractivity contribution in [1.82, 2.24) is 0 Å². The summed E-state index contributed by atoms with van der Waals surface area (Å²) in [6.07, 6.45) is 2.01. The number of carboxylic acid groups (broad SMARTS) is 1. The van der Waals surface area contributed by atoms with Crippen LogP contribution in [-0.4, -0.2) is 23.9 Å². The van der Waals surface area contributed by atoms with Crippen LogP contribution in [0.5, 0.6) is 0 Å². The van der Waals surface area contributed by atoms with Crippen LogP contribution in [-0.2, 0) is 4.79 Å². The van der Waals surface area contributed by atoms with Crippen LogP contribution in [0.1, 0.15) is 0 Å². The molecule has 0 spiro atoms. The second kappa shape index (κ2) is 5.46. The van der Waals surface area contributed by atoms with E-state index in [1.54, 1.807) is 11.8 Å². The number of anilines is 1. The van der Waals surface area contributed by atoms with Gasteiger partial charge in [0, 0.05) is 22.7 Å². The number of nitrogens with one attached hydrogen (secondary N) is 1. The average Bonchev–Trinajstić information content (AvgIpc) is 2.26. The van der Waals surface area contributed by atoms with Gasteiger partial charge in [-0.1, -0.05) is 6.58 Å². The zero-order valence-corrected chi connectivity index (χ0v) is 9.30. The maximum Gasteiger partial charge on any atom is 0.332 e. The molecule has 1 rings (SSSR count). The number of benzene rings is 1. The lowest BCUT2D eigenvalue weighted by molar-refractivity contribution is -0.132. The van der Waals surface area contributed by atoms with Gasteiger partial charge < -0.3 is 10.4 Å². The Bertz CT molecular complexity index is 359. The zero-order chi connectivity index (χ0) is 11.3. The Hall–Kier alpha value is -1.42. The highest BCUT2D eigenvalue weighted by Crippen LogP contribution is 2.17. The summed E-state index contributed by atoms with van der Waals surface area (Å²) in [5.41, 5.74) is 1.05. The molecule has 0 amide bonds. The van der Waals surface area contributed by atoms with Gasteiger partial charge in [0.2, 0.25) is 0 Å². The number of rotatable bonds is 5. The Morgan fingerprint density at radius 2 is 2.07 bits per heavy atom. The number of thioether (sulfide) groups is 1. The molecule has 80 valence electrons. The van der Waals surface area contributed by atoms with Gasteiger partial charge in [0.15, 0.2) is 0 Å². The topological polar surface area (TPSA) is 49.3 Å². The predicted octanol–water partition coefficient (Wildman–Crippen LogP) is 2.46. The molecule has 0 radical (unpaired) electrons. The molecule has 0 bridgehead atoms. The van der Waals surface area contributed by atoms with E-state index < -0.39 is 5.97 Å². The molecule has 3 nitrogen and oxygen atoms in total. The van der Waals surface area contributed by atoms with Crippen molar-refractivity contribution in [3.8, 4) is 0 Å². The van der Waals surface area contributed by atoms with Crippen LogP contribution in [0.3, 0.4) is 0 Å². The third kappa shape index (κ3) is 3.67. The van der Waals surface area contributed by atoms with Crippen molar-refractivity contribution in [2.24, 2.45) is 0 Å². The molecule has 2 N–H and O–H groups in total. The number of aliphatic carboxylic acids is 1. The van der Waals surface area contributed by atoms with Crippen molar-refractivity contribution >= 4 is 23.4 Å². The third-order valence-corrected chi connectivity index (χ3v) is 2.64. The molecule has 0 atom stereocenters. The maximum absolute atomic E-state index is 10.5. The van der Waals surface area contributed by atoms with E-state index in [2.05, 4.69) is 11.9 Å².